The summed E-state index contributed by atoms with van der Waals surface area (Å²) >= 11 is 0. The summed E-state index contributed by atoms with van der Waals surface area (Å²) in [6.45, 7) is 4.19. The number of pyridine rings is 1. The first kappa shape index (κ1) is 18.8. The molecule has 1 N–H and O–H groups in total. The molecule has 0 fully saturated rings. The molecular formula is C18H21N3O3S. The highest BCUT2D eigenvalue weighted by Gasteiger charge is 2.15. The lowest BCUT2D eigenvalue weighted by atomic mass is 10.1. The van der Waals surface area contributed by atoms with Crippen LogP contribution in [0.2, 0.25) is 0 Å². The Morgan fingerprint density at radius 2 is 1.84 bits per heavy atom. The van der Waals surface area contributed by atoms with E-state index in [1.165, 1.54) is 30.3 Å². The Labute approximate surface area is 148 Å². The highest BCUT2D eigenvalue weighted by molar-refractivity contribution is 7.89. The summed E-state index contributed by atoms with van der Waals surface area (Å²) in [7, 11) is -1.86. The van der Waals surface area contributed by atoms with Gasteiger partial charge in [-0.05, 0) is 48.4 Å². The Kier molecular flexibility index (Phi) is 6.44. The third-order valence-electron chi connectivity index (χ3n) is 3.66. The van der Waals surface area contributed by atoms with Gasteiger partial charge in [0.05, 0.1) is 4.90 Å². The lowest BCUT2D eigenvalue weighted by Crippen LogP contribution is -2.29. The van der Waals surface area contributed by atoms with Crippen LogP contribution in [0.5, 0.6) is 0 Å². The Hall–Kier alpha value is -2.51. The maximum atomic E-state index is 12.4. The van der Waals surface area contributed by atoms with Gasteiger partial charge in [0.1, 0.15) is 0 Å². The van der Waals surface area contributed by atoms with E-state index in [9.17, 15) is 13.2 Å². The molecule has 0 bridgehead atoms. The van der Waals surface area contributed by atoms with E-state index in [-0.39, 0.29) is 17.3 Å². The van der Waals surface area contributed by atoms with Crippen LogP contribution >= 0.6 is 0 Å². The molecule has 0 aliphatic rings. The number of carbonyl (C=O) groups excluding carboxylic acids is 1. The summed E-state index contributed by atoms with van der Waals surface area (Å²) in [4.78, 5) is 18.1. The van der Waals surface area contributed by atoms with Crippen LogP contribution in [-0.4, -0.2) is 44.3 Å². The van der Waals surface area contributed by atoms with E-state index in [0.717, 1.165) is 12.0 Å². The Balaban J connectivity index is 2.00. The second-order valence-corrected chi connectivity index (χ2v) is 7.26. The van der Waals surface area contributed by atoms with Crippen LogP contribution in [0.3, 0.4) is 0 Å². The van der Waals surface area contributed by atoms with E-state index in [1.807, 2.05) is 12.1 Å². The normalized spacial score (nSPS) is 11.1. The molecule has 1 heterocycles. The lowest BCUT2D eigenvalue weighted by molar-refractivity contribution is 0.0796. The van der Waals surface area contributed by atoms with E-state index < -0.39 is 10.0 Å². The quantitative estimate of drug-likeness (QED) is 0.730. The smallest absolute Gasteiger partial charge is 0.253 e. The number of sulfonamides is 1. The van der Waals surface area contributed by atoms with Crippen molar-refractivity contribution in [3.05, 3.63) is 72.6 Å². The molecule has 2 rings (SSSR count). The predicted molar refractivity (Wildman–Crippen MR) is 96.7 cm³/mol. The summed E-state index contributed by atoms with van der Waals surface area (Å²) in [6.07, 6.45) is 5.63. The number of amides is 1. The maximum Gasteiger partial charge on any atom is 0.253 e. The summed E-state index contributed by atoms with van der Waals surface area (Å²) in [6, 6.07) is 9.72. The Morgan fingerprint density at radius 1 is 1.20 bits per heavy atom. The highest BCUT2D eigenvalue weighted by atomic mass is 32.2. The van der Waals surface area contributed by atoms with Crippen molar-refractivity contribution < 1.29 is 13.2 Å². The van der Waals surface area contributed by atoms with Crippen LogP contribution < -0.4 is 4.72 Å². The molecule has 132 valence electrons. The van der Waals surface area contributed by atoms with Crippen LogP contribution in [0, 0.1) is 0 Å². The molecule has 0 radical (unpaired) electrons. The molecule has 0 saturated carbocycles. The summed E-state index contributed by atoms with van der Waals surface area (Å²) in [5.41, 5.74) is 1.55. The second-order valence-electron chi connectivity index (χ2n) is 5.50. The van der Waals surface area contributed by atoms with Crippen molar-refractivity contribution in [1.29, 1.82) is 0 Å². The number of nitrogens with one attached hydrogen (secondary N) is 1. The molecule has 1 aromatic carbocycles. The van der Waals surface area contributed by atoms with Crippen molar-refractivity contribution >= 4 is 15.9 Å². The van der Waals surface area contributed by atoms with Crippen molar-refractivity contribution in [3.63, 3.8) is 0 Å². The number of benzene rings is 1. The van der Waals surface area contributed by atoms with E-state index in [0.29, 0.717) is 12.1 Å². The first-order valence-electron chi connectivity index (χ1n) is 7.79. The number of carbonyl (C=O) groups is 1. The standard InChI is InChI=1S/C18H21N3O3S/c1-3-11-20-25(23,24)17-6-4-16(5-7-17)18(22)21(2)14-10-15-8-12-19-13-9-15/h3-9,12-13,20H,1,10-11,14H2,2H3. The molecule has 0 saturated heterocycles. The fourth-order valence-corrected chi connectivity index (χ4v) is 3.20. The van der Waals surface area contributed by atoms with Gasteiger partial charge in [0.15, 0.2) is 0 Å². The third kappa shape index (κ3) is 5.23. The Bertz CT molecular complexity index is 818. The van der Waals surface area contributed by atoms with Crippen LogP contribution in [0.1, 0.15) is 15.9 Å². The monoisotopic (exact) mass is 359 g/mol. The van der Waals surface area contributed by atoms with Gasteiger partial charge in [-0.25, -0.2) is 13.1 Å². The summed E-state index contributed by atoms with van der Waals surface area (Å²) < 4.78 is 26.4. The molecule has 2 aromatic rings. The lowest BCUT2D eigenvalue weighted by Gasteiger charge is -2.17. The van der Waals surface area contributed by atoms with Crippen LogP contribution in [-0.2, 0) is 16.4 Å². The van der Waals surface area contributed by atoms with E-state index in [2.05, 4.69) is 16.3 Å². The number of aromatic nitrogens is 1. The predicted octanol–water partition coefficient (Wildman–Crippen LogP) is 1.86. The molecule has 1 amide bonds. The molecule has 6 nitrogen and oxygen atoms in total. The number of rotatable bonds is 8. The van der Waals surface area contributed by atoms with Crippen LogP contribution in [0.25, 0.3) is 0 Å². The van der Waals surface area contributed by atoms with Gasteiger partial charge >= 0.3 is 0 Å². The van der Waals surface area contributed by atoms with Crippen molar-refractivity contribution in [2.24, 2.45) is 0 Å². The molecule has 0 atom stereocenters. The fourth-order valence-electron chi connectivity index (χ4n) is 2.20. The van der Waals surface area contributed by atoms with Gasteiger partial charge in [0, 0.05) is 38.1 Å². The molecule has 0 aliphatic carbocycles. The zero-order valence-corrected chi connectivity index (χ0v) is 14.9. The zero-order valence-electron chi connectivity index (χ0n) is 14.1. The Morgan fingerprint density at radius 3 is 2.44 bits per heavy atom. The SMILES string of the molecule is C=CCNS(=O)(=O)c1ccc(C(=O)N(C)CCc2ccncc2)cc1. The van der Waals surface area contributed by atoms with E-state index in [1.54, 1.807) is 24.3 Å². The zero-order chi connectivity index (χ0) is 18.3. The molecule has 7 heteroatoms. The molecule has 1 aromatic heterocycles. The number of nitrogens with zero attached hydrogens (tertiary/aromatic N) is 2. The van der Waals surface area contributed by atoms with Crippen molar-refractivity contribution in [2.45, 2.75) is 11.3 Å². The van der Waals surface area contributed by atoms with Crippen molar-refractivity contribution in [3.8, 4) is 0 Å². The molecule has 0 spiro atoms. The van der Waals surface area contributed by atoms with Crippen molar-refractivity contribution in [2.75, 3.05) is 20.1 Å². The third-order valence-corrected chi connectivity index (χ3v) is 5.10. The highest BCUT2D eigenvalue weighted by Crippen LogP contribution is 2.12. The number of hydrogen-bond donors (Lipinski definition) is 1. The van der Waals surface area contributed by atoms with Gasteiger partial charge in [-0.1, -0.05) is 6.08 Å². The fraction of sp³-hybridized carbons (Fsp3) is 0.222. The van der Waals surface area contributed by atoms with Gasteiger partial charge in [-0.3, -0.25) is 9.78 Å². The summed E-state index contributed by atoms with van der Waals surface area (Å²) in [5, 5.41) is 0. The first-order valence-corrected chi connectivity index (χ1v) is 9.27. The largest absolute Gasteiger partial charge is 0.341 e. The van der Waals surface area contributed by atoms with Crippen LogP contribution in [0.4, 0.5) is 0 Å². The minimum atomic E-state index is -3.58. The van der Waals surface area contributed by atoms with Gasteiger partial charge < -0.3 is 4.90 Å². The van der Waals surface area contributed by atoms with Gasteiger partial charge in [-0.15, -0.1) is 6.58 Å². The van der Waals surface area contributed by atoms with E-state index >= 15 is 0 Å². The molecular weight excluding hydrogens is 338 g/mol. The molecule has 0 aliphatic heterocycles. The first-order chi connectivity index (χ1) is 11.9. The average Bonchev–Trinajstić information content (AvgIpc) is 2.65. The van der Waals surface area contributed by atoms with Gasteiger partial charge in [-0.2, -0.15) is 0 Å². The number of likely N-dealkylation sites (N-methyl/N-ethyl adjacent to an activating group) is 1. The minimum Gasteiger partial charge on any atom is -0.341 e. The summed E-state index contributed by atoms with van der Waals surface area (Å²) in [5.74, 6) is -0.156. The van der Waals surface area contributed by atoms with Gasteiger partial charge in [0.2, 0.25) is 10.0 Å². The van der Waals surface area contributed by atoms with Crippen LogP contribution in [0.15, 0.2) is 66.3 Å². The molecule has 25 heavy (non-hydrogen) atoms. The van der Waals surface area contributed by atoms with E-state index in [4.69, 9.17) is 0 Å². The average molecular weight is 359 g/mol. The second kappa shape index (κ2) is 8.55. The minimum absolute atomic E-state index is 0.116. The topological polar surface area (TPSA) is 79.4 Å². The van der Waals surface area contributed by atoms with Crippen molar-refractivity contribution in [1.82, 2.24) is 14.6 Å². The molecule has 0 unspecified atom stereocenters. The van der Waals surface area contributed by atoms with Gasteiger partial charge in [0.25, 0.3) is 5.91 Å². The number of hydrogen-bond acceptors (Lipinski definition) is 4. The maximum absolute atomic E-state index is 12.4.